The van der Waals surface area contributed by atoms with Crippen LogP contribution in [0.1, 0.15) is 0 Å². The van der Waals surface area contributed by atoms with Gasteiger partial charge in [0.25, 0.3) is 0 Å². The minimum absolute atomic E-state index is 0. The van der Waals surface area contributed by atoms with Gasteiger partial charge in [-0.3, -0.25) is 0 Å². The molecule has 0 N–H and O–H groups in total. The molecule has 0 rings (SSSR count). The van der Waals surface area contributed by atoms with Crippen molar-refractivity contribution in [1.29, 1.82) is 21.0 Å². The molecule has 0 fully saturated rings. The van der Waals surface area contributed by atoms with Crippen molar-refractivity contribution in [2.45, 2.75) is 0 Å². The van der Waals surface area contributed by atoms with Gasteiger partial charge in [0.05, 0.1) is 0 Å². The molecule has 0 aliphatic rings. The maximum atomic E-state index is 6.50. The SMILES string of the molecule is C#N.C#N.C#N.C#N.[K+].[K+].[Pd]. The zero-order valence-corrected chi connectivity index (χ0v) is 14.2. The summed E-state index contributed by atoms with van der Waals surface area (Å²) in [7, 11) is 0. The van der Waals surface area contributed by atoms with Gasteiger partial charge in [-0.05, 0) is 0 Å². The fourth-order valence-electron chi connectivity index (χ4n) is 0. The smallest absolute Gasteiger partial charge is 0.202 e. The van der Waals surface area contributed by atoms with Gasteiger partial charge >= 0.3 is 103 Å². The number of hydrogen-bond donors (Lipinski definition) is 0. The van der Waals surface area contributed by atoms with E-state index in [9.17, 15) is 0 Å². The Kier molecular flexibility index (Phi) is 1880. The number of nitriles is 4. The first-order chi connectivity index (χ1) is 4.00. The Morgan fingerprint density at radius 3 is 0.455 bits per heavy atom. The van der Waals surface area contributed by atoms with Crippen LogP contribution in [0.3, 0.4) is 0 Å². The summed E-state index contributed by atoms with van der Waals surface area (Å²) >= 11 is 0. The third kappa shape index (κ3) is 324. The summed E-state index contributed by atoms with van der Waals surface area (Å²) in [6.07, 6.45) is 0. The van der Waals surface area contributed by atoms with Gasteiger partial charge in [0.2, 0.25) is 0 Å². The Balaban J connectivity index is -0.00000000356. The average Bonchev–Trinajstić information content (AvgIpc) is 2.03. The quantitative estimate of drug-likeness (QED) is 0.416. The minimum Gasteiger partial charge on any atom is -0.202 e. The summed E-state index contributed by atoms with van der Waals surface area (Å²) in [4.78, 5) is 0. The van der Waals surface area contributed by atoms with Crippen molar-refractivity contribution >= 4 is 0 Å². The van der Waals surface area contributed by atoms with Gasteiger partial charge in [-0.1, -0.05) is 0 Å². The molecular formula is C4H4K2N4Pd+2. The average molecular weight is 293 g/mol. The molecule has 0 unspecified atom stereocenters. The van der Waals surface area contributed by atoms with Crippen LogP contribution in [0.25, 0.3) is 0 Å². The molecule has 0 aromatic rings. The molecule has 0 spiro atoms. The summed E-state index contributed by atoms with van der Waals surface area (Å²) in [5.41, 5.74) is 0. The third-order valence-electron chi connectivity index (χ3n) is 0. The second kappa shape index (κ2) is 393. The molecule has 11 heavy (non-hydrogen) atoms. The van der Waals surface area contributed by atoms with Gasteiger partial charge in [0, 0.05) is 46.7 Å². The van der Waals surface area contributed by atoms with Crippen molar-refractivity contribution in [1.82, 2.24) is 0 Å². The van der Waals surface area contributed by atoms with Crippen molar-refractivity contribution < 1.29 is 123 Å². The second-order valence-electron chi connectivity index (χ2n) is 0. The second-order valence-corrected chi connectivity index (χ2v) is 0. The van der Waals surface area contributed by atoms with Crippen molar-refractivity contribution in [3.8, 4) is 26.3 Å². The molecule has 4 nitrogen and oxygen atoms in total. The van der Waals surface area contributed by atoms with Gasteiger partial charge in [-0.25, -0.2) is 21.0 Å². The Morgan fingerprint density at radius 1 is 0.455 bits per heavy atom. The fourth-order valence-corrected chi connectivity index (χ4v) is 0. The van der Waals surface area contributed by atoms with E-state index in [1.807, 2.05) is 0 Å². The van der Waals surface area contributed by atoms with Gasteiger partial charge in [0.1, 0.15) is 0 Å². The summed E-state index contributed by atoms with van der Waals surface area (Å²) in [6.45, 7) is 14.0. The molecule has 7 heteroatoms. The van der Waals surface area contributed by atoms with E-state index in [1.165, 1.54) is 0 Å². The number of nitrogens with zero attached hydrogens (tertiary/aromatic N) is 4. The standard InChI is InChI=1S/4CHN.2K.Pd/c4*1-2;;;/h4*1H;;;/q;;;;2*+1;. The molecule has 0 aromatic heterocycles. The van der Waals surface area contributed by atoms with Crippen LogP contribution < -0.4 is 103 Å². The predicted molar refractivity (Wildman–Crippen MR) is 26.7 cm³/mol. The zero-order valence-electron chi connectivity index (χ0n) is 6.41. The van der Waals surface area contributed by atoms with Gasteiger partial charge < -0.3 is 0 Å². The molecule has 0 bridgehead atoms. The van der Waals surface area contributed by atoms with E-state index in [4.69, 9.17) is 21.0 Å². The molecule has 0 saturated carbocycles. The van der Waals surface area contributed by atoms with Crippen molar-refractivity contribution in [2.24, 2.45) is 0 Å². The molecule has 50 valence electrons. The molecule has 0 amide bonds. The molecule has 0 aliphatic carbocycles. The van der Waals surface area contributed by atoms with Gasteiger partial charge in [0.15, 0.2) is 0 Å². The first kappa shape index (κ1) is 52.5. The van der Waals surface area contributed by atoms with Gasteiger partial charge in [-0.2, -0.15) is 0 Å². The van der Waals surface area contributed by atoms with Crippen LogP contribution in [0.5, 0.6) is 0 Å². The first-order valence-corrected chi connectivity index (χ1v) is 1.03. The van der Waals surface area contributed by atoms with Crippen molar-refractivity contribution in [3.63, 3.8) is 0 Å². The maximum absolute atomic E-state index is 6.50. The Morgan fingerprint density at radius 2 is 0.455 bits per heavy atom. The summed E-state index contributed by atoms with van der Waals surface area (Å²) in [6, 6.07) is 0. The summed E-state index contributed by atoms with van der Waals surface area (Å²) < 4.78 is 0. The zero-order chi connectivity index (χ0) is 8.00. The number of hydrogen-bond acceptors (Lipinski definition) is 4. The molecule has 0 aliphatic heterocycles. The van der Waals surface area contributed by atoms with Crippen LogP contribution in [0.4, 0.5) is 0 Å². The monoisotopic (exact) mass is 292 g/mol. The number of rotatable bonds is 0. The van der Waals surface area contributed by atoms with Crippen LogP contribution in [-0.2, 0) is 20.4 Å². The van der Waals surface area contributed by atoms with E-state index in [1.54, 1.807) is 0 Å². The maximum Gasteiger partial charge on any atom is 1.00 e. The molecule has 0 heterocycles. The van der Waals surface area contributed by atoms with Crippen LogP contribution in [0.2, 0.25) is 0 Å². The third-order valence-corrected chi connectivity index (χ3v) is 0. The van der Waals surface area contributed by atoms with E-state index in [0.29, 0.717) is 0 Å². The summed E-state index contributed by atoms with van der Waals surface area (Å²) in [5.74, 6) is 0. The minimum atomic E-state index is 0. The predicted octanol–water partition coefficient (Wildman–Crippen LogP) is -5.44. The molecule has 0 aromatic carbocycles. The fraction of sp³-hybridized carbons (Fsp3) is 0. The van der Waals surface area contributed by atoms with Crippen LogP contribution in [-0.4, -0.2) is 0 Å². The van der Waals surface area contributed by atoms with Crippen LogP contribution >= 0.6 is 0 Å². The van der Waals surface area contributed by atoms with Gasteiger partial charge in [-0.15, -0.1) is 0 Å². The molecule has 0 saturated heterocycles. The summed E-state index contributed by atoms with van der Waals surface area (Å²) in [5, 5.41) is 26.0. The normalized spacial score (nSPS) is 0.727. The van der Waals surface area contributed by atoms with E-state index in [-0.39, 0.29) is 123 Å². The Labute approximate surface area is 166 Å². The van der Waals surface area contributed by atoms with E-state index in [2.05, 4.69) is 26.3 Å². The van der Waals surface area contributed by atoms with E-state index in [0.717, 1.165) is 0 Å². The Hall–Kier alpha value is 1.90. The van der Waals surface area contributed by atoms with E-state index < -0.39 is 0 Å². The largest absolute Gasteiger partial charge is 1.00 e. The van der Waals surface area contributed by atoms with Crippen molar-refractivity contribution in [3.05, 3.63) is 0 Å². The van der Waals surface area contributed by atoms with Crippen LogP contribution in [0.15, 0.2) is 0 Å². The molecule has 0 radical (unpaired) electrons. The van der Waals surface area contributed by atoms with Crippen LogP contribution in [0, 0.1) is 47.3 Å². The van der Waals surface area contributed by atoms with E-state index >= 15 is 0 Å². The topological polar surface area (TPSA) is 95.2 Å². The Bertz CT molecular complexity index is 63.1. The molecular weight excluding hydrogens is 289 g/mol. The van der Waals surface area contributed by atoms with Crippen molar-refractivity contribution in [2.75, 3.05) is 0 Å². The molecule has 0 atom stereocenters. The first-order valence-electron chi connectivity index (χ1n) is 1.03.